The quantitative estimate of drug-likeness (QED) is 0.256. The van der Waals surface area contributed by atoms with Gasteiger partial charge < -0.3 is 4.48 Å². The highest BCUT2D eigenvalue weighted by Gasteiger charge is 2.24. The molecule has 0 aromatic heterocycles. The molecule has 21 heavy (non-hydrogen) atoms. The fourth-order valence-corrected chi connectivity index (χ4v) is 2.64. The molecule has 0 unspecified atom stereocenters. The molecule has 1 nitrogen and oxygen atoms in total. The Labute approximate surface area is 145 Å². The number of alkyl halides is 1. The van der Waals surface area contributed by atoms with Gasteiger partial charge in [0.05, 0.1) is 26.2 Å². The van der Waals surface area contributed by atoms with Crippen molar-refractivity contribution in [2.75, 3.05) is 32.0 Å². The maximum Gasteiger partial charge on any atom is 0.0786 e. The summed E-state index contributed by atoms with van der Waals surface area (Å²) < 4.78 is 1.42. The zero-order chi connectivity index (χ0) is 17.0. The predicted octanol–water partition coefficient (Wildman–Crippen LogP) is 7.04. The van der Waals surface area contributed by atoms with Crippen molar-refractivity contribution in [2.24, 2.45) is 0 Å². The maximum atomic E-state index is 2.94. The highest BCUT2D eigenvalue weighted by Crippen LogP contribution is 2.16. The first-order chi connectivity index (χ1) is 10.2. The van der Waals surface area contributed by atoms with Gasteiger partial charge in [-0.05, 0) is 31.5 Å². The zero-order valence-electron chi connectivity index (χ0n) is 16.3. The third-order valence-corrected chi connectivity index (χ3v) is 3.94. The van der Waals surface area contributed by atoms with Crippen molar-refractivity contribution in [3.8, 4) is 0 Å². The molecule has 0 aliphatic rings. The van der Waals surface area contributed by atoms with Crippen molar-refractivity contribution >= 4 is 15.9 Å². The number of hydrogen-bond donors (Lipinski definition) is 0. The standard InChI is InChI=1S/C16H36N.C2H6.CH3Br/c1-5-9-13-17(14-10-6-2,15-11-7-3)16-12-8-4;2*1-2/h5-16H2,1-4H3;1-2H3;1H3/q+1;;. The van der Waals surface area contributed by atoms with E-state index >= 15 is 0 Å². The molecule has 0 radical (unpaired) electrons. The van der Waals surface area contributed by atoms with Crippen LogP contribution in [0.15, 0.2) is 0 Å². The number of rotatable bonds is 12. The van der Waals surface area contributed by atoms with Gasteiger partial charge in [0.25, 0.3) is 0 Å². The number of quaternary nitrogens is 1. The number of unbranched alkanes of at least 4 members (excludes halogenated alkanes) is 4. The second-order valence-electron chi connectivity index (χ2n) is 5.65. The molecule has 0 aliphatic heterocycles. The molecule has 0 spiro atoms. The monoisotopic (exact) mass is 366 g/mol. The Balaban J connectivity index is -0.000000739. The summed E-state index contributed by atoms with van der Waals surface area (Å²) in [5, 5.41) is 0. The molecule has 0 aromatic rings. The first-order valence-corrected chi connectivity index (χ1v) is 11.1. The third-order valence-electron chi connectivity index (χ3n) is 3.94. The lowest BCUT2D eigenvalue weighted by atomic mass is 10.1. The molecule has 0 fully saturated rings. The summed E-state index contributed by atoms with van der Waals surface area (Å²) in [4.78, 5) is 0. The lowest BCUT2D eigenvalue weighted by Crippen LogP contribution is -2.50. The van der Waals surface area contributed by atoms with Crippen LogP contribution in [0.2, 0.25) is 0 Å². The van der Waals surface area contributed by atoms with Crippen LogP contribution in [-0.4, -0.2) is 36.5 Å². The average Bonchev–Trinajstić information content (AvgIpc) is 2.57. The van der Waals surface area contributed by atoms with E-state index in [4.69, 9.17) is 0 Å². The van der Waals surface area contributed by atoms with E-state index in [1.54, 1.807) is 0 Å². The lowest BCUT2D eigenvalue weighted by Gasteiger charge is -2.39. The molecule has 0 atom stereocenters. The van der Waals surface area contributed by atoms with Gasteiger partial charge in [0.15, 0.2) is 0 Å². The molecule has 0 N–H and O–H groups in total. The van der Waals surface area contributed by atoms with Gasteiger partial charge in [-0.2, -0.15) is 0 Å². The van der Waals surface area contributed by atoms with Crippen LogP contribution in [0, 0.1) is 0 Å². The van der Waals surface area contributed by atoms with E-state index in [1.165, 1.54) is 82.0 Å². The number of nitrogens with zero attached hydrogens (tertiary/aromatic N) is 1. The molecule has 0 amide bonds. The summed E-state index contributed by atoms with van der Waals surface area (Å²) in [6.07, 6.45) is 11.1. The summed E-state index contributed by atoms with van der Waals surface area (Å²) in [6.45, 7) is 19.0. The molecule has 0 aromatic carbocycles. The summed E-state index contributed by atoms with van der Waals surface area (Å²) in [7, 11) is 0. The van der Waals surface area contributed by atoms with Crippen LogP contribution in [0.5, 0.6) is 0 Å². The molecule has 0 rings (SSSR count). The fraction of sp³-hybridized carbons (Fsp3) is 1.00. The van der Waals surface area contributed by atoms with E-state index in [-0.39, 0.29) is 0 Å². The van der Waals surface area contributed by atoms with Crippen LogP contribution in [-0.2, 0) is 0 Å². The molecule has 2 heteroatoms. The van der Waals surface area contributed by atoms with Crippen molar-refractivity contribution in [3.05, 3.63) is 0 Å². The van der Waals surface area contributed by atoms with Crippen LogP contribution in [0.4, 0.5) is 0 Å². The summed E-state index contributed by atoms with van der Waals surface area (Å²) >= 11 is 2.94. The normalized spacial score (nSPS) is 10.3. The minimum absolute atomic E-state index is 1.35. The summed E-state index contributed by atoms with van der Waals surface area (Å²) in [5.41, 5.74) is 0. The summed E-state index contributed by atoms with van der Waals surface area (Å²) in [6, 6.07) is 0. The SMILES string of the molecule is CBr.CC.CCCC[N+](CCCC)(CCCC)CCCC. The van der Waals surface area contributed by atoms with Crippen molar-refractivity contribution in [2.45, 2.75) is 92.9 Å². The van der Waals surface area contributed by atoms with Gasteiger partial charge in [0, 0.05) is 0 Å². The maximum absolute atomic E-state index is 2.94. The Morgan fingerprint density at radius 2 is 0.714 bits per heavy atom. The summed E-state index contributed by atoms with van der Waals surface area (Å²) in [5.74, 6) is 1.81. The smallest absolute Gasteiger partial charge is 0.0786 e. The first-order valence-electron chi connectivity index (χ1n) is 9.47. The second kappa shape index (κ2) is 22.7. The van der Waals surface area contributed by atoms with Crippen LogP contribution in [0.1, 0.15) is 92.9 Å². The lowest BCUT2D eigenvalue weighted by molar-refractivity contribution is -0.929. The average molecular weight is 367 g/mol. The van der Waals surface area contributed by atoms with E-state index in [1.807, 2.05) is 19.7 Å². The highest BCUT2D eigenvalue weighted by atomic mass is 79.9. The van der Waals surface area contributed by atoms with Gasteiger partial charge in [-0.1, -0.05) is 83.2 Å². The van der Waals surface area contributed by atoms with Crippen LogP contribution in [0.3, 0.4) is 0 Å². The van der Waals surface area contributed by atoms with Crippen LogP contribution < -0.4 is 0 Å². The second-order valence-corrected chi connectivity index (χ2v) is 5.65. The van der Waals surface area contributed by atoms with E-state index in [2.05, 4.69) is 43.6 Å². The van der Waals surface area contributed by atoms with Gasteiger partial charge >= 0.3 is 0 Å². The van der Waals surface area contributed by atoms with E-state index < -0.39 is 0 Å². The first kappa shape index (κ1) is 26.3. The molecule has 0 saturated heterocycles. The highest BCUT2D eigenvalue weighted by molar-refractivity contribution is 9.08. The Hall–Kier alpha value is 0.440. The Bertz CT molecular complexity index is 122. The van der Waals surface area contributed by atoms with Gasteiger partial charge in [0.2, 0.25) is 0 Å². The van der Waals surface area contributed by atoms with E-state index in [0.717, 1.165) is 0 Å². The molecule has 132 valence electrons. The minimum Gasteiger partial charge on any atom is -0.324 e. The molecule has 0 bridgehead atoms. The van der Waals surface area contributed by atoms with Gasteiger partial charge in [-0.3, -0.25) is 0 Å². The number of halogens is 1. The van der Waals surface area contributed by atoms with E-state index in [0.29, 0.717) is 0 Å². The Morgan fingerprint density at radius 3 is 0.857 bits per heavy atom. The zero-order valence-corrected chi connectivity index (χ0v) is 17.9. The van der Waals surface area contributed by atoms with Crippen molar-refractivity contribution < 1.29 is 4.48 Å². The number of hydrogen-bond acceptors (Lipinski definition) is 0. The molecule has 0 aliphatic carbocycles. The van der Waals surface area contributed by atoms with Crippen LogP contribution in [0.25, 0.3) is 0 Å². The van der Waals surface area contributed by atoms with Gasteiger partial charge in [-0.25, -0.2) is 0 Å². The Kier molecular flexibility index (Phi) is 28.5. The molecular formula is C19H45BrN+. The molecule has 0 heterocycles. The Morgan fingerprint density at radius 1 is 0.524 bits per heavy atom. The minimum atomic E-state index is 1.35. The van der Waals surface area contributed by atoms with Crippen molar-refractivity contribution in [1.29, 1.82) is 0 Å². The van der Waals surface area contributed by atoms with E-state index in [9.17, 15) is 0 Å². The van der Waals surface area contributed by atoms with Gasteiger partial charge in [0.1, 0.15) is 0 Å². The fourth-order valence-electron chi connectivity index (χ4n) is 2.64. The van der Waals surface area contributed by atoms with Gasteiger partial charge in [-0.15, -0.1) is 0 Å². The topological polar surface area (TPSA) is 0 Å². The molecular weight excluding hydrogens is 322 g/mol. The predicted molar refractivity (Wildman–Crippen MR) is 106 cm³/mol. The van der Waals surface area contributed by atoms with Crippen LogP contribution >= 0.6 is 15.9 Å². The largest absolute Gasteiger partial charge is 0.324 e. The van der Waals surface area contributed by atoms with Crippen molar-refractivity contribution in [1.82, 2.24) is 0 Å². The molecule has 0 saturated carbocycles. The third kappa shape index (κ3) is 16.6. The van der Waals surface area contributed by atoms with Crippen molar-refractivity contribution in [3.63, 3.8) is 0 Å².